The average molecular weight is 260 g/mol. The van der Waals surface area contributed by atoms with Gasteiger partial charge in [0.25, 0.3) is 5.56 Å². The minimum Gasteiger partial charge on any atom is -0.478 e. The van der Waals surface area contributed by atoms with Crippen LogP contribution in [-0.2, 0) is 6.42 Å². The van der Waals surface area contributed by atoms with E-state index in [9.17, 15) is 14.4 Å². The number of nitrogens with one attached hydrogen (secondary N) is 2. The summed E-state index contributed by atoms with van der Waals surface area (Å²) in [7, 11) is 0. The third-order valence-corrected chi connectivity index (χ3v) is 2.89. The molecule has 0 saturated heterocycles. The van der Waals surface area contributed by atoms with Crippen molar-refractivity contribution in [3.63, 3.8) is 0 Å². The van der Waals surface area contributed by atoms with Crippen LogP contribution in [0.15, 0.2) is 27.8 Å². The molecule has 96 valence electrons. The molecule has 19 heavy (non-hydrogen) atoms. The molecule has 0 unspecified atom stereocenters. The molecule has 0 radical (unpaired) electrons. The molecule has 3 N–H and O–H groups in total. The Hall–Kier alpha value is -2.83. The van der Waals surface area contributed by atoms with E-state index in [4.69, 9.17) is 9.84 Å². The highest BCUT2D eigenvalue weighted by atomic mass is 16.5. The largest absolute Gasteiger partial charge is 0.478 e. The summed E-state index contributed by atoms with van der Waals surface area (Å²) in [5, 5.41) is 8.92. The molecule has 0 bridgehead atoms. The molecule has 0 amide bonds. The Bertz CT molecular complexity index is 802. The fraction of sp³-hybridized carbons (Fsp3) is 0.0833. The van der Waals surface area contributed by atoms with Gasteiger partial charge in [0.1, 0.15) is 5.75 Å². The van der Waals surface area contributed by atoms with Crippen molar-refractivity contribution in [2.24, 2.45) is 0 Å². The molecule has 0 saturated carbocycles. The Kier molecular flexibility index (Phi) is 2.28. The van der Waals surface area contributed by atoms with Crippen molar-refractivity contribution in [3.05, 3.63) is 55.7 Å². The smallest absolute Gasteiger partial charge is 0.335 e. The van der Waals surface area contributed by atoms with Gasteiger partial charge in [0.15, 0.2) is 0 Å². The summed E-state index contributed by atoms with van der Waals surface area (Å²) in [6.45, 7) is 0. The van der Waals surface area contributed by atoms with Crippen LogP contribution in [0.4, 0.5) is 0 Å². The number of benzene rings is 1. The number of carbonyl (C=O) groups is 1. The van der Waals surface area contributed by atoms with Crippen LogP contribution in [0, 0.1) is 0 Å². The standard InChI is InChI=1S/C12H8N2O5/c15-9-7-4-6-3-5(11(16)17)1-2-8(6)19-10(7)14-12(18)13-9/h1-3H,4H2,(H,16,17)(H2,13,14,15,18). The molecule has 2 aromatic rings. The topological polar surface area (TPSA) is 112 Å². The number of fused-ring (bicyclic) bond motifs is 2. The lowest BCUT2D eigenvalue weighted by atomic mass is 10.0. The van der Waals surface area contributed by atoms with Crippen LogP contribution in [0.3, 0.4) is 0 Å². The van der Waals surface area contributed by atoms with E-state index in [2.05, 4.69) is 9.97 Å². The van der Waals surface area contributed by atoms with Gasteiger partial charge in [0.2, 0.25) is 5.88 Å². The number of rotatable bonds is 1. The van der Waals surface area contributed by atoms with E-state index in [0.29, 0.717) is 11.3 Å². The number of carboxylic acids is 1. The molecular weight excluding hydrogens is 252 g/mol. The van der Waals surface area contributed by atoms with Gasteiger partial charge >= 0.3 is 11.7 Å². The highest BCUT2D eigenvalue weighted by molar-refractivity contribution is 5.88. The predicted octanol–water partition coefficient (Wildman–Crippen LogP) is 0.458. The van der Waals surface area contributed by atoms with Crippen LogP contribution in [0.2, 0.25) is 0 Å². The molecule has 0 aliphatic carbocycles. The third-order valence-electron chi connectivity index (χ3n) is 2.89. The van der Waals surface area contributed by atoms with E-state index >= 15 is 0 Å². The van der Waals surface area contributed by atoms with E-state index in [0.717, 1.165) is 0 Å². The second-order valence-corrected chi connectivity index (χ2v) is 4.12. The van der Waals surface area contributed by atoms with Crippen molar-refractivity contribution in [3.8, 4) is 11.6 Å². The predicted molar refractivity (Wildman–Crippen MR) is 64.0 cm³/mol. The number of ether oxygens (including phenoxy) is 1. The maximum absolute atomic E-state index is 11.6. The number of hydrogen-bond acceptors (Lipinski definition) is 4. The van der Waals surface area contributed by atoms with Gasteiger partial charge in [-0.2, -0.15) is 0 Å². The molecule has 1 aliphatic rings. The lowest BCUT2D eigenvalue weighted by Crippen LogP contribution is -2.28. The fourth-order valence-electron chi connectivity index (χ4n) is 1.99. The van der Waals surface area contributed by atoms with Crippen LogP contribution in [0.1, 0.15) is 21.5 Å². The third kappa shape index (κ3) is 1.81. The Morgan fingerprint density at radius 1 is 1.26 bits per heavy atom. The SMILES string of the molecule is O=C(O)c1ccc2c(c1)Cc1c([nH]c(=O)[nH]c1=O)O2. The van der Waals surface area contributed by atoms with E-state index < -0.39 is 17.2 Å². The van der Waals surface area contributed by atoms with Crippen LogP contribution in [0.25, 0.3) is 0 Å². The van der Waals surface area contributed by atoms with E-state index in [1.807, 2.05) is 0 Å². The highest BCUT2D eigenvalue weighted by Crippen LogP contribution is 2.33. The lowest BCUT2D eigenvalue weighted by Gasteiger charge is -2.18. The summed E-state index contributed by atoms with van der Waals surface area (Å²) in [5.41, 5.74) is -0.203. The van der Waals surface area contributed by atoms with E-state index in [-0.39, 0.29) is 23.4 Å². The van der Waals surface area contributed by atoms with Crippen molar-refractivity contribution in [2.75, 3.05) is 0 Å². The first-order valence-electron chi connectivity index (χ1n) is 5.44. The number of H-pyrrole nitrogens is 2. The van der Waals surface area contributed by atoms with Gasteiger partial charge in [0.05, 0.1) is 11.1 Å². The van der Waals surface area contributed by atoms with Gasteiger partial charge < -0.3 is 9.84 Å². The Morgan fingerprint density at radius 3 is 2.79 bits per heavy atom. The quantitative estimate of drug-likeness (QED) is 0.588. The molecule has 0 atom stereocenters. The summed E-state index contributed by atoms with van der Waals surface area (Å²) in [4.78, 5) is 38.2. The molecule has 2 heterocycles. The summed E-state index contributed by atoms with van der Waals surface area (Å²) in [6, 6.07) is 4.35. The molecule has 7 heteroatoms. The van der Waals surface area contributed by atoms with Crippen LogP contribution in [0.5, 0.6) is 11.6 Å². The first-order valence-corrected chi connectivity index (χ1v) is 5.44. The summed E-state index contributed by atoms with van der Waals surface area (Å²) < 4.78 is 5.41. The van der Waals surface area contributed by atoms with Crippen LogP contribution >= 0.6 is 0 Å². The zero-order valence-corrected chi connectivity index (χ0v) is 9.52. The highest BCUT2D eigenvalue weighted by Gasteiger charge is 2.22. The first kappa shape index (κ1) is 11.3. The number of aromatic amines is 2. The molecular formula is C12H8N2O5. The average Bonchev–Trinajstić information content (AvgIpc) is 2.36. The fourth-order valence-corrected chi connectivity index (χ4v) is 1.99. The Labute approximate surface area is 105 Å². The molecule has 1 aromatic carbocycles. The molecule has 0 fully saturated rings. The monoisotopic (exact) mass is 260 g/mol. The van der Waals surface area contributed by atoms with Gasteiger partial charge in [-0.05, 0) is 18.2 Å². The minimum absolute atomic E-state index is 0.101. The number of aromatic nitrogens is 2. The Balaban J connectivity index is 2.14. The zero-order chi connectivity index (χ0) is 13.6. The van der Waals surface area contributed by atoms with E-state index in [1.54, 1.807) is 0 Å². The summed E-state index contributed by atoms with van der Waals surface area (Å²) >= 11 is 0. The minimum atomic E-state index is -1.05. The van der Waals surface area contributed by atoms with Crippen molar-refractivity contribution in [1.82, 2.24) is 9.97 Å². The molecule has 3 rings (SSSR count). The lowest BCUT2D eigenvalue weighted by molar-refractivity contribution is 0.0696. The molecule has 7 nitrogen and oxygen atoms in total. The van der Waals surface area contributed by atoms with Gasteiger partial charge in [-0.1, -0.05) is 0 Å². The van der Waals surface area contributed by atoms with Gasteiger partial charge in [-0.3, -0.25) is 14.8 Å². The number of carboxylic acid groups (broad SMARTS) is 1. The summed E-state index contributed by atoms with van der Waals surface area (Å²) in [5.74, 6) is -0.521. The van der Waals surface area contributed by atoms with Gasteiger partial charge in [-0.15, -0.1) is 0 Å². The van der Waals surface area contributed by atoms with Crippen molar-refractivity contribution in [1.29, 1.82) is 0 Å². The maximum atomic E-state index is 11.6. The molecule has 1 aliphatic heterocycles. The van der Waals surface area contributed by atoms with Crippen molar-refractivity contribution >= 4 is 5.97 Å². The number of hydrogen-bond donors (Lipinski definition) is 3. The molecule has 1 aromatic heterocycles. The first-order chi connectivity index (χ1) is 9.04. The van der Waals surface area contributed by atoms with Crippen LogP contribution < -0.4 is 16.0 Å². The second-order valence-electron chi connectivity index (χ2n) is 4.12. The van der Waals surface area contributed by atoms with Crippen molar-refractivity contribution < 1.29 is 14.6 Å². The number of aromatic carboxylic acids is 1. The Morgan fingerprint density at radius 2 is 2.05 bits per heavy atom. The van der Waals surface area contributed by atoms with E-state index in [1.165, 1.54) is 18.2 Å². The van der Waals surface area contributed by atoms with Gasteiger partial charge in [-0.25, -0.2) is 9.59 Å². The molecule has 0 spiro atoms. The van der Waals surface area contributed by atoms with Crippen molar-refractivity contribution in [2.45, 2.75) is 6.42 Å². The second kappa shape index (κ2) is 3.84. The maximum Gasteiger partial charge on any atom is 0.335 e. The normalized spacial score (nSPS) is 12.2. The summed E-state index contributed by atoms with van der Waals surface area (Å²) in [6.07, 6.45) is 0.206. The van der Waals surface area contributed by atoms with Crippen LogP contribution in [-0.4, -0.2) is 21.0 Å². The van der Waals surface area contributed by atoms with Gasteiger partial charge in [0, 0.05) is 12.0 Å². The zero-order valence-electron chi connectivity index (χ0n) is 9.52.